The average molecular weight is 444 g/mol. The summed E-state index contributed by atoms with van der Waals surface area (Å²) in [7, 11) is 1.52. The van der Waals surface area contributed by atoms with E-state index in [2.05, 4.69) is 43.8 Å². The van der Waals surface area contributed by atoms with Crippen molar-refractivity contribution in [3.05, 3.63) is 53.6 Å². The second-order valence-corrected chi connectivity index (χ2v) is 7.64. The molecule has 10 nitrogen and oxygen atoms in total. The number of methoxy groups -OCH3 is 1. The zero-order valence-electron chi connectivity index (χ0n) is 18.0. The third-order valence-corrected chi connectivity index (χ3v) is 5.36. The van der Waals surface area contributed by atoms with Gasteiger partial charge in [0.1, 0.15) is 22.4 Å². The van der Waals surface area contributed by atoms with Crippen molar-refractivity contribution in [3.63, 3.8) is 0 Å². The number of benzene rings is 1. The molecule has 4 amide bonds. The van der Waals surface area contributed by atoms with Gasteiger partial charge in [-0.05, 0) is 43.3 Å². The number of aromatic amines is 1. The van der Waals surface area contributed by atoms with Crippen LogP contribution in [0.3, 0.4) is 0 Å². The monoisotopic (exact) mass is 444 g/mol. The van der Waals surface area contributed by atoms with Gasteiger partial charge in [0.2, 0.25) is 5.91 Å². The number of aliphatic imine (C=N–C) groups is 1. The number of urea groups is 1. The molecule has 3 heterocycles. The molecule has 1 atom stereocenters. The van der Waals surface area contributed by atoms with Gasteiger partial charge in [-0.15, -0.1) is 0 Å². The molecule has 33 heavy (non-hydrogen) atoms. The van der Waals surface area contributed by atoms with E-state index in [1.165, 1.54) is 18.3 Å². The Morgan fingerprint density at radius 3 is 2.94 bits per heavy atom. The van der Waals surface area contributed by atoms with Gasteiger partial charge in [-0.3, -0.25) is 14.9 Å². The van der Waals surface area contributed by atoms with Gasteiger partial charge in [-0.25, -0.2) is 19.8 Å². The molecule has 0 spiro atoms. The Labute approximate surface area is 189 Å². The smallest absolute Gasteiger partial charge is 0.346 e. The molecule has 166 valence electrons. The van der Waals surface area contributed by atoms with E-state index in [4.69, 9.17) is 4.74 Å². The first-order valence-corrected chi connectivity index (χ1v) is 9.94. The first-order valence-electron chi connectivity index (χ1n) is 9.94. The van der Waals surface area contributed by atoms with Crippen LogP contribution in [0.15, 0.2) is 41.8 Å². The summed E-state index contributed by atoms with van der Waals surface area (Å²) in [6.07, 6.45) is 3.09. The number of aromatic nitrogens is 3. The Hall–Kier alpha value is -4.52. The zero-order chi connectivity index (χ0) is 23.6. The van der Waals surface area contributed by atoms with Crippen molar-refractivity contribution in [1.29, 1.82) is 0 Å². The maximum Gasteiger partial charge on any atom is 0.346 e. The SMILES string of the molecule is C=NC(=O)NC(=O)[C@@](C)(C#Cc1nccc2[nH]cnc12)CN1Cc2ccc(OC)cc2C1=O. The molecule has 2 aromatic heterocycles. The molecule has 10 heteroatoms. The predicted octanol–water partition coefficient (Wildman–Crippen LogP) is 1.92. The molecule has 0 aliphatic carbocycles. The lowest BCUT2D eigenvalue weighted by Crippen LogP contribution is -2.47. The number of fused-ring (bicyclic) bond motifs is 2. The first-order chi connectivity index (χ1) is 15.8. The lowest BCUT2D eigenvalue weighted by atomic mass is 9.89. The van der Waals surface area contributed by atoms with Crippen LogP contribution in [0.25, 0.3) is 11.0 Å². The number of hydrogen-bond acceptors (Lipinski definition) is 6. The minimum atomic E-state index is -1.46. The summed E-state index contributed by atoms with van der Waals surface area (Å²) in [6.45, 7) is 4.91. The summed E-state index contributed by atoms with van der Waals surface area (Å²) >= 11 is 0. The number of H-pyrrole nitrogens is 1. The van der Waals surface area contributed by atoms with Gasteiger partial charge in [0, 0.05) is 24.8 Å². The Bertz CT molecular complexity index is 1350. The quantitative estimate of drug-likeness (QED) is 0.467. The van der Waals surface area contributed by atoms with Crippen LogP contribution >= 0.6 is 0 Å². The second kappa shape index (κ2) is 8.55. The van der Waals surface area contributed by atoms with Crippen LogP contribution in [-0.2, 0) is 11.3 Å². The van der Waals surface area contributed by atoms with Crippen molar-refractivity contribution in [2.45, 2.75) is 13.5 Å². The van der Waals surface area contributed by atoms with Gasteiger partial charge >= 0.3 is 6.03 Å². The number of imide groups is 1. The number of amides is 4. The van der Waals surface area contributed by atoms with Gasteiger partial charge in [-0.1, -0.05) is 12.0 Å². The molecule has 0 bridgehead atoms. The Kier molecular flexibility index (Phi) is 5.62. The molecule has 1 aromatic carbocycles. The Morgan fingerprint density at radius 2 is 2.18 bits per heavy atom. The molecule has 2 N–H and O–H groups in total. The standard InChI is InChI=1S/C23H20N6O4/c1-23(21(31)28-22(32)24-2,8-6-17-19-18(7-9-25-17)26-13-27-19)12-29-11-14-4-5-15(33-3)10-16(14)20(29)30/h4-5,7,9-10,13H,2,11-12H2,1,3H3,(H,26,27)(H,28,31,32)/t23-/m0/s1. The van der Waals surface area contributed by atoms with Crippen molar-refractivity contribution >= 4 is 35.6 Å². The number of nitrogens with one attached hydrogen (secondary N) is 2. The number of carbonyl (C=O) groups is 3. The van der Waals surface area contributed by atoms with Crippen molar-refractivity contribution in [3.8, 4) is 17.6 Å². The normalized spacial score (nSPS) is 14.1. The van der Waals surface area contributed by atoms with Gasteiger partial charge in [-0.2, -0.15) is 0 Å². The summed E-state index contributed by atoms with van der Waals surface area (Å²) < 4.78 is 5.21. The molecular weight excluding hydrogens is 424 g/mol. The summed E-state index contributed by atoms with van der Waals surface area (Å²) in [5, 5.41) is 2.16. The molecule has 1 aliphatic heterocycles. The van der Waals surface area contributed by atoms with E-state index < -0.39 is 17.4 Å². The molecular formula is C23H20N6O4. The number of rotatable bonds is 4. The summed E-state index contributed by atoms with van der Waals surface area (Å²) in [5.74, 6) is 5.40. The number of carbonyl (C=O) groups excluding carboxylic acids is 3. The van der Waals surface area contributed by atoms with Crippen LogP contribution in [0.4, 0.5) is 4.79 Å². The fourth-order valence-electron chi connectivity index (χ4n) is 3.58. The maximum absolute atomic E-state index is 13.0. The zero-order valence-corrected chi connectivity index (χ0v) is 18.0. The molecule has 1 aliphatic rings. The molecule has 0 saturated carbocycles. The van der Waals surface area contributed by atoms with Crippen molar-refractivity contribution < 1.29 is 19.1 Å². The Morgan fingerprint density at radius 1 is 1.36 bits per heavy atom. The number of nitrogens with zero attached hydrogens (tertiary/aromatic N) is 4. The summed E-state index contributed by atoms with van der Waals surface area (Å²) in [5.41, 5.74) is 1.50. The van der Waals surface area contributed by atoms with Gasteiger partial charge in [0.15, 0.2) is 0 Å². The van der Waals surface area contributed by atoms with E-state index in [1.807, 2.05) is 6.07 Å². The predicted molar refractivity (Wildman–Crippen MR) is 120 cm³/mol. The van der Waals surface area contributed by atoms with Crippen LogP contribution in [-0.4, -0.2) is 58.1 Å². The number of imidazole rings is 1. The highest BCUT2D eigenvalue weighted by Gasteiger charge is 2.39. The molecule has 0 saturated heterocycles. The van der Waals surface area contributed by atoms with E-state index >= 15 is 0 Å². The van der Waals surface area contributed by atoms with Gasteiger partial charge in [0.05, 0.1) is 19.0 Å². The first kappa shape index (κ1) is 21.7. The average Bonchev–Trinajstić information content (AvgIpc) is 3.42. The summed E-state index contributed by atoms with van der Waals surface area (Å²) in [6, 6.07) is 6.09. The Balaban J connectivity index is 1.68. The largest absolute Gasteiger partial charge is 0.497 e. The lowest BCUT2D eigenvalue weighted by molar-refractivity contribution is -0.126. The van der Waals surface area contributed by atoms with E-state index in [0.717, 1.165) is 11.1 Å². The highest BCUT2D eigenvalue weighted by Crippen LogP contribution is 2.30. The topological polar surface area (TPSA) is 130 Å². The fraction of sp³-hybridized carbons (Fsp3) is 0.217. The van der Waals surface area contributed by atoms with Crippen molar-refractivity contribution in [2.75, 3.05) is 13.7 Å². The van der Waals surface area contributed by atoms with Crippen LogP contribution < -0.4 is 10.1 Å². The lowest BCUT2D eigenvalue weighted by Gasteiger charge is -2.27. The fourth-order valence-corrected chi connectivity index (χ4v) is 3.58. The molecule has 0 radical (unpaired) electrons. The number of ether oxygens (including phenoxy) is 1. The molecule has 0 fully saturated rings. The van der Waals surface area contributed by atoms with Gasteiger partial charge < -0.3 is 14.6 Å². The molecule has 3 aromatic rings. The van der Waals surface area contributed by atoms with Crippen molar-refractivity contribution in [1.82, 2.24) is 25.2 Å². The summed E-state index contributed by atoms with van der Waals surface area (Å²) in [4.78, 5) is 53.9. The minimum Gasteiger partial charge on any atom is -0.497 e. The van der Waals surface area contributed by atoms with E-state index in [-0.39, 0.29) is 12.5 Å². The third-order valence-electron chi connectivity index (χ3n) is 5.36. The van der Waals surface area contributed by atoms with E-state index in [9.17, 15) is 14.4 Å². The number of pyridine rings is 1. The minimum absolute atomic E-state index is 0.0668. The van der Waals surface area contributed by atoms with Crippen LogP contribution in [0, 0.1) is 17.3 Å². The highest BCUT2D eigenvalue weighted by atomic mass is 16.5. The molecule has 4 rings (SSSR count). The van der Waals surface area contributed by atoms with Crippen LogP contribution in [0.5, 0.6) is 5.75 Å². The van der Waals surface area contributed by atoms with Gasteiger partial charge in [0.25, 0.3) is 5.91 Å². The van der Waals surface area contributed by atoms with Crippen molar-refractivity contribution in [2.24, 2.45) is 10.4 Å². The van der Waals surface area contributed by atoms with Crippen LogP contribution in [0.1, 0.15) is 28.5 Å². The second-order valence-electron chi connectivity index (χ2n) is 7.64. The molecule has 0 unspecified atom stereocenters. The highest BCUT2D eigenvalue weighted by molar-refractivity contribution is 6.02. The van der Waals surface area contributed by atoms with Crippen LogP contribution in [0.2, 0.25) is 0 Å². The third kappa shape index (κ3) is 4.16. The number of hydrogen-bond donors (Lipinski definition) is 2. The van der Waals surface area contributed by atoms with E-state index in [1.54, 1.807) is 31.3 Å². The van der Waals surface area contributed by atoms with E-state index in [0.29, 0.717) is 29.1 Å². The maximum atomic E-state index is 13.0.